The average Bonchev–Trinajstić information content (AvgIpc) is 2.61. The van der Waals surface area contributed by atoms with E-state index in [1.165, 1.54) is 5.56 Å². The van der Waals surface area contributed by atoms with Gasteiger partial charge in [0.05, 0.1) is 6.04 Å². The predicted octanol–water partition coefficient (Wildman–Crippen LogP) is 3.51. The standard InChI is InChI=1S/C21H26N2O2/c1-15-10-12-17(13-11-15)14-22-19(24)21(3,4)20(25)23-16(2)18-8-6-5-7-9-18/h5-13,16H,14H2,1-4H3,(H,22,24)(H,23,25). The van der Waals surface area contributed by atoms with Crippen LogP contribution in [0, 0.1) is 12.3 Å². The van der Waals surface area contributed by atoms with Crippen LogP contribution in [0.15, 0.2) is 54.6 Å². The Morgan fingerprint density at radius 1 is 0.960 bits per heavy atom. The van der Waals surface area contributed by atoms with E-state index < -0.39 is 5.41 Å². The van der Waals surface area contributed by atoms with Crippen molar-refractivity contribution < 1.29 is 9.59 Å². The molecule has 2 aromatic rings. The molecule has 0 aliphatic heterocycles. The SMILES string of the molecule is Cc1ccc(CNC(=O)C(C)(C)C(=O)NC(C)c2ccccc2)cc1. The number of carbonyl (C=O) groups is 2. The third-order valence-electron chi connectivity index (χ3n) is 4.36. The monoisotopic (exact) mass is 338 g/mol. The van der Waals surface area contributed by atoms with Crippen molar-refractivity contribution in [1.82, 2.24) is 10.6 Å². The van der Waals surface area contributed by atoms with Gasteiger partial charge < -0.3 is 10.6 Å². The van der Waals surface area contributed by atoms with Gasteiger partial charge in [0, 0.05) is 6.54 Å². The molecule has 2 aromatic carbocycles. The average molecular weight is 338 g/mol. The van der Waals surface area contributed by atoms with Gasteiger partial charge in [-0.2, -0.15) is 0 Å². The van der Waals surface area contributed by atoms with E-state index in [1.807, 2.05) is 68.4 Å². The van der Waals surface area contributed by atoms with Crippen LogP contribution in [0.3, 0.4) is 0 Å². The van der Waals surface area contributed by atoms with Gasteiger partial charge in [0.1, 0.15) is 5.41 Å². The Hall–Kier alpha value is -2.62. The minimum atomic E-state index is -1.15. The van der Waals surface area contributed by atoms with Gasteiger partial charge in [-0.05, 0) is 38.8 Å². The van der Waals surface area contributed by atoms with Gasteiger partial charge in [0.15, 0.2) is 0 Å². The van der Waals surface area contributed by atoms with Crippen LogP contribution < -0.4 is 10.6 Å². The van der Waals surface area contributed by atoms with Gasteiger partial charge in [-0.3, -0.25) is 9.59 Å². The Morgan fingerprint density at radius 3 is 2.16 bits per heavy atom. The van der Waals surface area contributed by atoms with E-state index in [0.29, 0.717) is 6.54 Å². The van der Waals surface area contributed by atoms with E-state index in [1.54, 1.807) is 13.8 Å². The number of amides is 2. The molecule has 2 rings (SSSR count). The maximum Gasteiger partial charge on any atom is 0.235 e. The quantitative estimate of drug-likeness (QED) is 0.792. The molecule has 0 heterocycles. The highest BCUT2D eigenvalue weighted by atomic mass is 16.2. The minimum absolute atomic E-state index is 0.155. The minimum Gasteiger partial charge on any atom is -0.351 e. The molecule has 1 unspecified atom stereocenters. The van der Waals surface area contributed by atoms with Crippen molar-refractivity contribution in [2.75, 3.05) is 0 Å². The highest BCUT2D eigenvalue weighted by Gasteiger charge is 2.36. The number of nitrogens with one attached hydrogen (secondary N) is 2. The van der Waals surface area contributed by atoms with Crippen LogP contribution >= 0.6 is 0 Å². The molecular weight excluding hydrogens is 312 g/mol. The molecule has 0 bridgehead atoms. The first-order valence-electron chi connectivity index (χ1n) is 8.50. The van der Waals surface area contributed by atoms with Crippen LogP contribution in [-0.4, -0.2) is 11.8 Å². The summed E-state index contributed by atoms with van der Waals surface area (Å²) < 4.78 is 0. The van der Waals surface area contributed by atoms with Crippen LogP contribution in [0.1, 0.15) is 43.5 Å². The number of hydrogen-bond donors (Lipinski definition) is 2. The summed E-state index contributed by atoms with van der Waals surface area (Å²) in [5.41, 5.74) is 2.04. The molecule has 132 valence electrons. The number of rotatable bonds is 6. The zero-order chi connectivity index (χ0) is 18.4. The largest absolute Gasteiger partial charge is 0.351 e. The third kappa shape index (κ3) is 4.92. The summed E-state index contributed by atoms with van der Waals surface area (Å²) in [5, 5.41) is 5.78. The first-order chi connectivity index (χ1) is 11.8. The first-order valence-corrected chi connectivity index (χ1v) is 8.50. The van der Waals surface area contributed by atoms with E-state index in [2.05, 4.69) is 10.6 Å². The Balaban J connectivity index is 1.95. The van der Waals surface area contributed by atoms with Gasteiger partial charge in [-0.1, -0.05) is 60.2 Å². The van der Waals surface area contributed by atoms with Gasteiger partial charge in [0.2, 0.25) is 11.8 Å². The molecule has 0 radical (unpaired) electrons. The van der Waals surface area contributed by atoms with Crippen molar-refractivity contribution in [3.63, 3.8) is 0 Å². The molecule has 0 aliphatic carbocycles. The fourth-order valence-corrected chi connectivity index (χ4v) is 2.41. The maximum absolute atomic E-state index is 12.6. The van der Waals surface area contributed by atoms with Crippen LogP contribution in [0.25, 0.3) is 0 Å². The zero-order valence-corrected chi connectivity index (χ0v) is 15.3. The molecule has 0 saturated carbocycles. The Kier molecular flexibility index (Phi) is 5.97. The second kappa shape index (κ2) is 7.97. The lowest BCUT2D eigenvalue weighted by molar-refractivity contribution is -0.141. The number of aryl methyl sites for hydroxylation is 1. The zero-order valence-electron chi connectivity index (χ0n) is 15.3. The molecule has 0 fully saturated rings. The van der Waals surface area contributed by atoms with Crippen molar-refractivity contribution in [2.24, 2.45) is 5.41 Å². The number of benzene rings is 2. The summed E-state index contributed by atoms with van der Waals surface area (Å²) in [6.45, 7) is 7.62. The first kappa shape index (κ1) is 18.7. The Morgan fingerprint density at radius 2 is 1.56 bits per heavy atom. The van der Waals surface area contributed by atoms with Crippen LogP contribution in [0.4, 0.5) is 0 Å². The van der Waals surface area contributed by atoms with E-state index >= 15 is 0 Å². The highest BCUT2D eigenvalue weighted by Crippen LogP contribution is 2.19. The van der Waals surface area contributed by atoms with Gasteiger partial charge in [0.25, 0.3) is 0 Å². The summed E-state index contributed by atoms with van der Waals surface area (Å²) in [6.07, 6.45) is 0. The molecule has 25 heavy (non-hydrogen) atoms. The molecular formula is C21H26N2O2. The van der Waals surface area contributed by atoms with Crippen LogP contribution in [0.5, 0.6) is 0 Å². The molecule has 0 aromatic heterocycles. The smallest absolute Gasteiger partial charge is 0.235 e. The molecule has 4 heteroatoms. The van der Waals surface area contributed by atoms with E-state index in [0.717, 1.165) is 11.1 Å². The van der Waals surface area contributed by atoms with Crippen molar-refractivity contribution in [2.45, 2.75) is 40.3 Å². The highest BCUT2D eigenvalue weighted by molar-refractivity contribution is 6.04. The lowest BCUT2D eigenvalue weighted by atomic mass is 9.90. The number of carbonyl (C=O) groups excluding carboxylic acids is 2. The maximum atomic E-state index is 12.6. The van der Waals surface area contributed by atoms with E-state index in [9.17, 15) is 9.59 Å². The molecule has 2 amide bonds. The van der Waals surface area contributed by atoms with Crippen molar-refractivity contribution in [3.05, 3.63) is 71.3 Å². The molecule has 4 nitrogen and oxygen atoms in total. The lowest BCUT2D eigenvalue weighted by Gasteiger charge is -2.25. The molecule has 1 atom stereocenters. The topological polar surface area (TPSA) is 58.2 Å². The second-order valence-electron chi connectivity index (χ2n) is 6.90. The number of hydrogen-bond acceptors (Lipinski definition) is 2. The molecule has 0 saturated heterocycles. The van der Waals surface area contributed by atoms with E-state index in [-0.39, 0.29) is 17.9 Å². The second-order valence-corrected chi connectivity index (χ2v) is 6.90. The molecule has 2 N–H and O–H groups in total. The van der Waals surface area contributed by atoms with Crippen molar-refractivity contribution >= 4 is 11.8 Å². The molecule has 0 aliphatic rings. The van der Waals surface area contributed by atoms with Gasteiger partial charge in [-0.25, -0.2) is 0 Å². The Labute approximate surface area is 149 Å². The summed E-state index contributed by atoms with van der Waals surface area (Å²) in [6, 6.07) is 17.5. The normalized spacial score (nSPS) is 12.3. The van der Waals surface area contributed by atoms with Crippen LogP contribution in [0.2, 0.25) is 0 Å². The van der Waals surface area contributed by atoms with Crippen molar-refractivity contribution in [3.8, 4) is 0 Å². The summed E-state index contributed by atoms with van der Waals surface area (Å²) in [7, 11) is 0. The van der Waals surface area contributed by atoms with Gasteiger partial charge in [-0.15, -0.1) is 0 Å². The fourth-order valence-electron chi connectivity index (χ4n) is 2.41. The van der Waals surface area contributed by atoms with Gasteiger partial charge >= 0.3 is 0 Å². The lowest BCUT2D eigenvalue weighted by Crippen LogP contribution is -2.48. The summed E-state index contributed by atoms with van der Waals surface area (Å²) >= 11 is 0. The predicted molar refractivity (Wildman–Crippen MR) is 99.8 cm³/mol. The summed E-state index contributed by atoms with van der Waals surface area (Å²) in [5.74, 6) is -0.573. The van der Waals surface area contributed by atoms with E-state index in [4.69, 9.17) is 0 Å². The van der Waals surface area contributed by atoms with Crippen LogP contribution in [-0.2, 0) is 16.1 Å². The fraction of sp³-hybridized carbons (Fsp3) is 0.333. The van der Waals surface area contributed by atoms with Crippen molar-refractivity contribution in [1.29, 1.82) is 0 Å². The Bertz CT molecular complexity index is 721. The summed E-state index contributed by atoms with van der Waals surface area (Å²) in [4.78, 5) is 25.1. The third-order valence-corrected chi connectivity index (χ3v) is 4.36. The molecule has 0 spiro atoms.